The number of non-ortho nitro benzene ring substituents is 1. The molecule has 0 aromatic heterocycles. The molecule has 0 radical (unpaired) electrons. The second-order valence-corrected chi connectivity index (χ2v) is 7.41. The third-order valence-electron chi connectivity index (χ3n) is 4.94. The Hall–Kier alpha value is -5.20. The molecule has 0 atom stereocenters. The van der Waals surface area contributed by atoms with E-state index in [-0.39, 0.29) is 23.9 Å². The number of methoxy groups -OCH3 is 1. The second kappa shape index (κ2) is 12.7. The van der Waals surface area contributed by atoms with Gasteiger partial charge in [0.25, 0.3) is 11.6 Å². The van der Waals surface area contributed by atoms with E-state index in [0.29, 0.717) is 29.2 Å². The van der Waals surface area contributed by atoms with Crippen LogP contribution < -0.4 is 24.4 Å². The molecule has 13 nitrogen and oxygen atoms in total. The SMILES string of the molecule is CCOc1ccc(C(=O)N/N=C/c2ccc(Oc3ccc([N+](=O)[O-])cc3[N+](=O)[O-])c(OCC)c2)cc1OC. The van der Waals surface area contributed by atoms with Gasteiger partial charge in [0.15, 0.2) is 23.0 Å². The molecule has 198 valence electrons. The molecule has 3 aromatic rings. The molecular formula is C25H24N4O9. The maximum atomic E-state index is 12.5. The molecule has 3 rings (SSSR count). The van der Waals surface area contributed by atoms with E-state index in [1.54, 1.807) is 31.2 Å². The monoisotopic (exact) mass is 524 g/mol. The molecule has 1 amide bonds. The van der Waals surface area contributed by atoms with Gasteiger partial charge in [0.05, 0.1) is 42.5 Å². The smallest absolute Gasteiger partial charge is 0.318 e. The topological polar surface area (TPSA) is 165 Å². The number of carbonyl (C=O) groups excluding carboxylic acids is 1. The van der Waals surface area contributed by atoms with Gasteiger partial charge in [-0.25, -0.2) is 5.43 Å². The lowest BCUT2D eigenvalue weighted by Crippen LogP contribution is -2.17. The first-order valence-corrected chi connectivity index (χ1v) is 11.3. The number of amides is 1. The summed E-state index contributed by atoms with van der Waals surface area (Å²) in [7, 11) is 1.47. The Labute approximate surface area is 216 Å². The highest BCUT2D eigenvalue weighted by atomic mass is 16.6. The Morgan fingerprint density at radius 3 is 2.21 bits per heavy atom. The lowest BCUT2D eigenvalue weighted by molar-refractivity contribution is -0.394. The number of benzene rings is 3. The predicted molar refractivity (Wildman–Crippen MR) is 137 cm³/mol. The van der Waals surface area contributed by atoms with Gasteiger partial charge in [0.2, 0.25) is 5.75 Å². The number of hydrogen-bond donors (Lipinski definition) is 1. The van der Waals surface area contributed by atoms with Crippen LogP contribution in [0.25, 0.3) is 0 Å². The number of nitro groups is 2. The number of hydrazone groups is 1. The van der Waals surface area contributed by atoms with Gasteiger partial charge in [0, 0.05) is 11.6 Å². The van der Waals surface area contributed by atoms with Crippen LogP contribution in [0, 0.1) is 20.2 Å². The summed E-state index contributed by atoms with van der Waals surface area (Å²) in [4.78, 5) is 33.4. The molecule has 13 heteroatoms. The van der Waals surface area contributed by atoms with Crippen LogP contribution in [0.5, 0.6) is 28.7 Å². The summed E-state index contributed by atoms with van der Waals surface area (Å²) in [5.41, 5.74) is 2.26. The highest BCUT2D eigenvalue weighted by Gasteiger charge is 2.22. The molecular weight excluding hydrogens is 500 g/mol. The molecule has 38 heavy (non-hydrogen) atoms. The quantitative estimate of drug-likeness (QED) is 0.198. The van der Waals surface area contributed by atoms with Crippen molar-refractivity contribution in [2.24, 2.45) is 5.10 Å². The first-order valence-electron chi connectivity index (χ1n) is 11.3. The number of nitrogens with zero attached hydrogens (tertiary/aromatic N) is 3. The molecule has 0 saturated carbocycles. The zero-order valence-corrected chi connectivity index (χ0v) is 20.7. The molecule has 0 saturated heterocycles. The number of ether oxygens (including phenoxy) is 4. The number of rotatable bonds is 12. The minimum Gasteiger partial charge on any atom is -0.493 e. The summed E-state index contributed by atoms with van der Waals surface area (Å²) >= 11 is 0. The van der Waals surface area contributed by atoms with Crippen molar-refractivity contribution in [3.63, 3.8) is 0 Å². The third kappa shape index (κ3) is 6.72. The van der Waals surface area contributed by atoms with Crippen LogP contribution in [0.15, 0.2) is 59.7 Å². The van der Waals surface area contributed by atoms with Crippen molar-refractivity contribution in [1.82, 2.24) is 5.43 Å². The molecule has 3 aromatic carbocycles. The largest absolute Gasteiger partial charge is 0.493 e. The van der Waals surface area contributed by atoms with Gasteiger partial charge in [-0.2, -0.15) is 5.10 Å². The van der Waals surface area contributed by atoms with Gasteiger partial charge in [-0.1, -0.05) is 0 Å². The lowest BCUT2D eigenvalue weighted by atomic mass is 10.2. The molecule has 0 aliphatic heterocycles. The van der Waals surface area contributed by atoms with E-state index in [4.69, 9.17) is 18.9 Å². The van der Waals surface area contributed by atoms with Gasteiger partial charge in [-0.3, -0.25) is 25.0 Å². The highest BCUT2D eigenvalue weighted by molar-refractivity contribution is 5.95. The Bertz CT molecular complexity index is 1370. The normalized spacial score (nSPS) is 10.6. The number of nitrogens with one attached hydrogen (secondary N) is 1. The van der Waals surface area contributed by atoms with E-state index in [9.17, 15) is 25.0 Å². The fourth-order valence-electron chi connectivity index (χ4n) is 3.24. The highest BCUT2D eigenvalue weighted by Crippen LogP contribution is 2.38. The maximum absolute atomic E-state index is 12.5. The molecule has 0 bridgehead atoms. The summed E-state index contributed by atoms with van der Waals surface area (Å²) in [5, 5.41) is 26.4. The first kappa shape index (κ1) is 27.4. The zero-order chi connectivity index (χ0) is 27.7. The Kier molecular flexibility index (Phi) is 9.13. The summed E-state index contributed by atoms with van der Waals surface area (Å²) in [6.07, 6.45) is 1.38. The summed E-state index contributed by atoms with van der Waals surface area (Å²) in [6, 6.07) is 12.5. The maximum Gasteiger partial charge on any atom is 0.318 e. The van der Waals surface area contributed by atoms with E-state index in [1.165, 1.54) is 25.5 Å². The van der Waals surface area contributed by atoms with Crippen molar-refractivity contribution < 1.29 is 33.6 Å². The molecule has 1 N–H and O–H groups in total. The van der Waals surface area contributed by atoms with E-state index in [0.717, 1.165) is 18.2 Å². The third-order valence-corrected chi connectivity index (χ3v) is 4.94. The molecule has 0 aliphatic carbocycles. The van der Waals surface area contributed by atoms with Crippen LogP contribution in [0.1, 0.15) is 29.8 Å². The summed E-state index contributed by atoms with van der Waals surface area (Å²) < 4.78 is 22.0. The Morgan fingerprint density at radius 2 is 1.55 bits per heavy atom. The summed E-state index contributed by atoms with van der Waals surface area (Å²) in [6.45, 7) is 4.29. The second-order valence-electron chi connectivity index (χ2n) is 7.41. The minimum absolute atomic E-state index is 0.145. The van der Waals surface area contributed by atoms with Crippen LogP contribution in [0.2, 0.25) is 0 Å². The molecule has 0 aliphatic rings. The molecule has 0 heterocycles. The first-order chi connectivity index (χ1) is 18.3. The van der Waals surface area contributed by atoms with Gasteiger partial charge in [-0.15, -0.1) is 0 Å². The minimum atomic E-state index is -0.771. The van der Waals surface area contributed by atoms with Crippen LogP contribution >= 0.6 is 0 Å². The van der Waals surface area contributed by atoms with Gasteiger partial charge in [0.1, 0.15) is 0 Å². The summed E-state index contributed by atoms with van der Waals surface area (Å²) in [5.74, 6) is 0.644. The fourth-order valence-corrected chi connectivity index (χ4v) is 3.24. The number of hydrogen-bond acceptors (Lipinski definition) is 10. The lowest BCUT2D eigenvalue weighted by Gasteiger charge is -2.12. The van der Waals surface area contributed by atoms with Crippen molar-refractivity contribution >= 4 is 23.5 Å². The average molecular weight is 524 g/mol. The fraction of sp³-hybridized carbons (Fsp3) is 0.200. The van der Waals surface area contributed by atoms with Crippen molar-refractivity contribution in [2.45, 2.75) is 13.8 Å². The van der Waals surface area contributed by atoms with Gasteiger partial charge < -0.3 is 18.9 Å². The predicted octanol–water partition coefficient (Wildman–Crippen LogP) is 4.87. The Balaban J connectivity index is 1.78. The average Bonchev–Trinajstić information content (AvgIpc) is 2.90. The zero-order valence-electron chi connectivity index (χ0n) is 20.7. The van der Waals surface area contributed by atoms with Crippen LogP contribution in [-0.2, 0) is 0 Å². The molecule has 0 unspecified atom stereocenters. The van der Waals surface area contributed by atoms with Gasteiger partial charge in [-0.05, 0) is 61.9 Å². The van der Waals surface area contributed by atoms with Crippen molar-refractivity contribution in [3.8, 4) is 28.7 Å². The van der Waals surface area contributed by atoms with E-state index >= 15 is 0 Å². The van der Waals surface area contributed by atoms with Crippen LogP contribution in [0.3, 0.4) is 0 Å². The standard InChI is InChI=1S/C25H24N4O9/c1-4-36-21-10-7-17(13-23(21)35-3)25(30)27-26-15-16-6-9-22(24(12-16)37-5-2)38-20-11-8-18(28(31)32)14-19(20)29(33)34/h6-15H,4-5H2,1-3H3,(H,27,30)/b26-15+. The van der Waals surface area contributed by atoms with E-state index in [1.807, 2.05) is 6.92 Å². The van der Waals surface area contributed by atoms with Crippen LogP contribution in [-0.4, -0.2) is 42.3 Å². The van der Waals surface area contributed by atoms with E-state index < -0.39 is 27.1 Å². The number of nitro benzene ring substituents is 2. The van der Waals surface area contributed by atoms with Crippen molar-refractivity contribution in [1.29, 1.82) is 0 Å². The van der Waals surface area contributed by atoms with Gasteiger partial charge >= 0.3 is 5.69 Å². The van der Waals surface area contributed by atoms with Crippen molar-refractivity contribution in [3.05, 3.63) is 86.0 Å². The number of carbonyl (C=O) groups is 1. The Morgan fingerprint density at radius 1 is 0.868 bits per heavy atom. The van der Waals surface area contributed by atoms with Crippen LogP contribution in [0.4, 0.5) is 11.4 Å². The molecule has 0 fully saturated rings. The molecule has 0 spiro atoms. The van der Waals surface area contributed by atoms with E-state index in [2.05, 4.69) is 10.5 Å². The van der Waals surface area contributed by atoms with Crippen molar-refractivity contribution in [2.75, 3.05) is 20.3 Å².